The minimum absolute atomic E-state index is 0.0813. The van der Waals surface area contributed by atoms with Crippen molar-refractivity contribution in [3.8, 4) is 17.2 Å². The molecule has 166 valence electrons. The molecule has 0 spiro atoms. The van der Waals surface area contributed by atoms with Crippen LogP contribution >= 0.6 is 22.9 Å². The van der Waals surface area contributed by atoms with Gasteiger partial charge in [-0.15, -0.1) is 11.3 Å². The lowest BCUT2D eigenvalue weighted by Crippen LogP contribution is -2.62. The van der Waals surface area contributed by atoms with Gasteiger partial charge in [0, 0.05) is 16.9 Å². The Balaban J connectivity index is 1.57. The number of rotatable bonds is 4. The van der Waals surface area contributed by atoms with Crippen molar-refractivity contribution in [2.75, 3.05) is 7.05 Å². The van der Waals surface area contributed by atoms with Crippen molar-refractivity contribution in [1.29, 1.82) is 10.7 Å². The number of carbonyl (C=O) groups excluding carboxylic acids is 1. The number of thiophene rings is 1. The van der Waals surface area contributed by atoms with E-state index in [0.717, 1.165) is 21.6 Å². The highest BCUT2D eigenvalue weighted by Gasteiger charge is 2.49. The Morgan fingerprint density at radius 1 is 1.15 bits per heavy atom. The summed E-state index contributed by atoms with van der Waals surface area (Å²) in [6.45, 7) is 1.99. The highest BCUT2D eigenvalue weighted by molar-refractivity contribution is 7.10. The fraction of sp³-hybridized carbons (Fsp3) is 0.269. The van der Waals surface area contributed by atoms with Crippen LogP contribution in [-0.2, 0) is 10.3 Å². The van der Waals surface area contributed by atoms with Crippen molar-refractivity contribution in [1.82, 2.24) is 10.2 Å². The van der Waals surface area contributed by atoms with Gasteiger partial charge in [0.05, 0.1) is 23.1 Å². The van der Waals surface area contributed by atoms with Crippen molar-refractivity contribution < 1.29 is 4.79 Å². The number of nitriles is 1. The summed E-state index contributed by atoms with van der Waals surface area (Å²) >= 11 is 7.75. The zero-order valence-electron chi connectivity index (χ0n) is 18.4. The zero-order chi connectivity index (χ0) is 23.3. The van der Waals surface area contributed by atoms with E-state index in [0.29, 0.717) is 16.5 Å². The summed E-state index contributed by atoms with van der Waals surface area (Å²) in [5.74, 6) is 0.144. The van der Waals surface area contributed by atoms with E-state index >= 15 is 0 Å². The second kappa shape index (κ2) is 8.02. The number of nitrogens with one attached hydrogen (secondary N) is 2. The molecule has 7 heteroatoms. The Labute approximate surface area is 202 Å². The van der Waals surface area contributed by atoms with E-state index in [2.05, 4.69) is 35.7 Å². The van der Waals surface area contributed by atoms with E-state index in [1.165, 1.54) is 34.6 Å². The Hall–Kier alpha value is -3.14. The van der Waals surface area contributed by atoms with Gasteiger partial charge in [0.15, 0.2) is 5.96 Å². The second-order valence-corrected chi connectivity index (χ2v) is 10.3. The minimum atomic E-state index is -0.790. The maximum atomic E-state index is 13.5. The molecule has 0 radical (unpaired) electrons. The lowest BCUT2D eigenvalue weighted by atomic mass is 9.76. The fourth-order valence-electron chi connectivity index (χ4n) is 4.59. The minimum Gasteiger partial charge on any atom is -0.345 e. The number of guanidine groups is 1. The number of carbonyl (C=O) groups is 1. The first-order valence-corrected chi connectivity index (χ1v) is 12.1. The summed E-state index contributed by atoms with van der Waals surface area (Å²) in [5, 5.41) is 23.5. The third kappa shape index (κ3) is 3.82. The lowest BCUT2D eigenvalue weighted by Gasteiger charge is -2.45. The molecule has 3 aromatic rings. The third-order valence-electron chi connectivity index (χ3n) is 6.66. The fourth-order valence-corrected chi connectivity index (χ4v) is 5.89. The maximum Gasteiger partial charge on any atom is 0.239 e. The van der Waals surface area contributed by atoms with Crippen LogP contribution in [0, 0.1) is 16.7 Å². The number of benzene rings is 2. The number of hydrogen-bond donors (Lipinski definition) is 2. The first kappa shape index (κ1) is 21.7. The lowest BCUT2D eigenvalue weighted by molar-refractivity contribution is -0.131. The van der Waals surface area contributed by atoms with Crippen LogP contribution in [0.1, 0.15) is 53.2 Å². The molecule has 1 aliphatic heterocycles. The van der Waals surface area contributed by atoms with E-state index in [1.54, 1.807) is 13.1 Å². The first-order chi connectivity index (χ1) is 15.8. The molecular formula is C26H23ClN4OS. The van der Waals surface area contributed by atoms with Gasteiger partial charge in [-0.3, -0.25) is 15.1 Å². The van der Waals surface area contributed by atoms with Crippen LogP contribution < -0.4 is 5.32 Å². The predicted molar refractivity (Wildman–Crippen MR) is 132 cm³/mol. The van der Waals surface area contributed by atoms with Crippen LogP contribution in [0.3, 0.4) is 0 Å². The van der Waals surface area contributed by atoms with Gasteiger partial charge in [-0.05, 0) is 77.6 Å². The van der Waals surface area contributed by atoms with E-state index in [1.807, 2.05) is 30.5 Å². The van der Waals surface area contributed by atoms with Crippen LogP contribution in [-0.4, -0.2) is 23.8 Å². The van der Waals surface area contributed by atoms with Crippen LogP contribution in [0.15, 0.2) is 53.9 Å². The summed E-state index contributed by atoms with van der Waals surface area (Å²) in [7, 11) is 1.64. The number of likely N-dealkylation sites (N-methyl/N-ethyl adjacent to an activating group) is 1. The third-order valence-corrected chi connectivity index (χ3v) is 8.04. The smallest absolute Gasteiger partial charge is 0.239 e. The number of hydrogen-bond acceptors (Lipinski definition) is 4. The molecule has 2 N–H and O–H groups in total. The normalized spacial score (nSPS) is 22.7. The van der Waals surface area contributed by atoms with Gasteiger partial charge in [0.25, 0.3) is 0 Å². The summed E-state index contributed by atoms with van der Waals surface area (Å²) in [6, 6.07) is 17.8. The van der Waals surface area contributed by atoms with Gasteiger partial charge in [0.2, 0.25) is 5.91 Å². The molecule has 2 aliphatic rings. The van der Waals surface area contributed by atoms with Gasteiger partial charge in [0.1, 0.15) is 0 Å². The average molecular weight is 475 g/mol. The molecular weight excluding hydrogens is 452 g/mol. The highest BCUT2D eigenvalue weighted by Crippen LogP contribution is 2.46. The van der Waals surface area contributed by atoms with Crippen molar-refractivity contribution in [3.05, 3.63) is 80.5 Å². The standard InChI is InChI=1S/C26H23ClN4OS/c1-26(22-12-20(14-33-22)19-9-15(13-28)10-21(27)11-19)23(24(32)31(2)25(29)30-26)18-7-5-17(6-8-18)16-3-4-16/h5-12,14,16,23H,3-4H2,1-2H3,(H2,29,30)/t23-,26+/m0/s1. The molecule has 5 rings (SSSR count). The maximum absolute atomic E-state index is 13.5. The molecule has 0 unspecified atom stereocenters. The quantitative estimate of drug-likeness (QED) is 0.500. The number of halogens is 1. The molecule has 5 nitrogen and oxygen atoms in total. The van der Waals surface area contributed by atoms with Crippen LogP contribution in [0.25, 0.3) is 11.1 Å². The Bertz CT molecular complexity index is 1300. The highest BCUT2D eigenvalue weighted by atomic mass is 35.5. The monoisotopic (exact) mass is 474 g/mol. The number of amides is 1. The van der Waals surface area contributed by atoms with E-state index in [-0.39, 0.29) is 11.9 Å². The molecule has 0 bridgehead atoms. The molecule has 1 aromatic heterocycles. The molecule has 1 aliphatic carbocycles. The average Bonchev–Trinajstić information content (AvgIpc) is 3.52. The van der Waals surface area contributed by atoms with Gasteiger partial charge in [-0.1, -0.05) is 35.9 Å². The van der Waals surface area contributed by atoms with Crippen molar-refractivity contribution in [2.24, 2.45) is 0 Å². The molecule has 2 atom stereocenters. The molecule has 2 heterocycles. The topological polar surface area (TPSA) is 80.0 Å². The van der Waals surface area contributed by atoms with E-state index < -0.39 is 11.5 Å². The van der Waals surface area contributed by atoms with Gasteiger partial charge < -0.3 is 5.32 Å². The van der Waals surface area contributed by atoms with Gasteiger partial charge >= 0.3 is 0 Å². The Morgan fingerprint density at radius 3 is 2.52 bits per heavy atom. The summed E-state index contributed by atoms with van der Waals surface area (Å²) in [6.07, 6.45) is 2.46. The molecule has 2 fully saturated rings. The molecule has 1 saturated heterocycles. The Morgan fingerprint density at radius 2 is 1.85 bits per heavy atom. The SMILES string of the molecule is CN1C(=N)N[C@](C)(c2cc(-c3cc(Cl)cc(C#N)c3)cs2)[C@@H](c2ccc(C3CC3)cc2)C1=O. The Kier molecular flexibility index (Phi) is 5.27. The summed E-state index contributed by atoms with van der Waals surface area (Å²) in [5.41, 5.74) is 3.75. The largest absolute Gasteiger partial charge is 0.345 e. The van der Waals surface area contributed by atoms with Gasteiger partial charge in [-0.2, -0.15) is 5.26 Å². The van der Waals surface area contributed by atoms with Crippen molar-refractivity contribution in [2.45, 2.75) is 37.1 Å². The van der Waals surface area contributed by atoms with Crippen LogP contribution in [0.2, 0.25) is 5.02 Å². The van der Waals surface area contributed by atoms with E-state index in [9.17, 15) is 10.1 Å². The van der Waals surface area contributed by atoms with Crippen molar-refractivity contribution >= 4 is 34.8 Å². The number of nitrogens with zero attached hydrogens (tertiary/aromatic N) is 2. The summed E-state index contributed by atoms with van der Waals surface area (Å²) < 4.78 is 0. The molecule has 1 amide bonds. The van der Waals surface area contributed by atoms with Crippen LogP contribution in [0.5, 0.6) is 0 Å². The second-order valence-electron chi connectivity index (χ2n) is 8.99. The van der Waals surface area contributed by atoms with Crippen LogP contribution in [0.4, 0.5) is 0 Å². The van der Waals surface area contributed by atoms with Crippen molar-refractivity contribution in [3.63, 3.8) is 0 Å². The first-order valence-electron chi connectivity index (χ1n) is 10.8. The molecule has 2 aromatic carbocycles. The zero-order valence-corrected chi connectivity index (χ0v) is 19.9. The summed E-state index contributed by atoms with van der Waals surface area (Å²) in [4.78, 5) is 15.8. The molecule has 1 saturated carbocycles. The van der Waals surface area contributed by atoms with E-state index in [4.69, 9.17) is 17.0 Å². The van der Waals surface area contributed by atoms with Gasteiger partial charge in [-0.25, -0.2) is 0 Å². The molecule has 33 heavy (non-hydrogen) atoms. The predicted octanol–water partition coefficient (Wildman–Crippen LogP) is 5.81.